The lowest BCUT2D eigenvalue weighted by molar-refractivity contribution is -0.140. The van der Waals surface area contributed by atoms with Crippen LogP contribution in [-0.2, 0) is 6.18 Å². The molecule has 0 fully saturated rings. The van der Waals surface area contributed by atoms with Gasteiger partial charge in [-0.1, -0.05) is 30.3 Å². The van der Waals surface area contributed by atoms with Gasteiger partial charge < -0.3 is 10.7 Å². The first-order valence-electron chi connectivity index (χ1n) is 6.80. The molecule has 3 rings (SSSR count). The van der Waals surface area contributed by atoms with Crippen LogP contribution in [-0.4, -0.2) is 20.5 Å². The molecule has 3 aromatic rings. The summed E-state index contributed by atoms with van der Waals surface area (Å²) in [7, 11) is 0. The molecule has 0 spiro atoms. The maximum absolute atomic E-state index is 13.4. The minimum Gasteiger partial charge on any atom is -0.365 e. The number of halogens is 3. The van der Waals surface area contributed by atoms with E-state index < -0.39 is 28.9 Å². The van der Waals surface area contributed by atoms with Crippen molar-refractivity contribution < 1.29 is 18.0 Å². The number of carbonyl (C=O) groups excluding carboxylic acids is 1. The molecule has 0 saturated carbocycles. The minimum atomic E-state index is -4.78. The third-order valence-corrected chi connectivity index (χ3v) is 3.55. The van der Waals surface area contributed by atoms with Crippen LogP contribution in [0.15, 0.2) is 35.1 Å². The topological polar surface area (TPSA) is 93.2 Å². The Kier molecular flexibility index (Phi) is 3.43. The monoisotopic (exact) mass is 336 g/mol. The second-order valence-corrected chi connectivity index (χ2v) is 5.14. The van der Waals surface area contributed by atoms with Crippen molar-refractivity contribution >= 4 is 11.6 Å². The highest BCUT2D eigenvalue weighted by Gasteiger charge is 2.39. The van der Waals surface area contributed by atoms with Gasteiger partial charge in [-0.05, 0) is 12.5 Å². The van der Waals surface area contributed by atoms with Gasteiger partial charge in [-0.25, -0.2) is 0 Å². The van der Waals surface area contributed by atoms with E-state index in [0.29, 0.717) is 4.52 Å². The predicted octanol–water partition coefficient (Wildman–Crippen LogP) is 2.12. The molecule has 0 aliphatic carbocycles. The lowest BCUT2D eigenvalue weighted by Crippen LogP contribution is -2.29. The number of hydrogen-bond acceptors (Lipinski definition) is 3. The molecule has 1 amide bonds. The van der Waals surface area contributed by atoms with Gasteiger partial charge in [0, 0.05) is 5.69 Å². The van der Waals surface area contributed by atoms with Gasteiger partial charge in [-0.3, -0.25) is 9.59 Å². The Morgan fingerprint density at radius 3 is 2.42 bits per heavy atom. The van der Waals surface area contributed by atoms with E-state index in [1.54, 1.807) is 18.2 Å². The van der Waals surface area contributed by atoms with E-state index in [4.69, 9.17) is 5.73 Å². The van der Waals surface area contributed by atoms with Gasteiger partial charge in [0.15, 0.2) is 5.69 Å². The van der Waals surface area contributed by atoms with Gasteiger partial charge in [0.05, 0.1) is 5.56 Å². The Hall–Kier alpha value is -3.10. The maximum atomic E-state index is 13.4. The highest BCUT2D eigenvalue weighted by Crippen LogP contribution is 2.37. The van der Waals surface area contributed by atoms with E-state index in [1.165, 1.54) is 19.1 Å². The molecule has 2 heterocycles. The molecule has 6 nitrogen and oxygen atoms in total. The fourth-order valence-electron chi connectivity index (χ4n) is 2.55. The SMILES string of the molecule is Cc1[nH]c2c(-c3ccccc3)c(C(F)(F)F)nn2c(=O)c1C(N)=O. The number of rotatable bonds is 2. The van der Waals surface area contributed by atoms with Crippen LogP contribution in [0.1, 0.15) is 21.7 Å². The van der Waals surface area contributed by atoms with Gasteiger partial charge in [-0.15, -0.1) is 0 Å². The minimum absolute atomic E-state index is 0.0748. The number of primary amides is 1. The normalized spacial score (nSPS) is 11.8. The fraction of sp³-hybridized carbons (Fsp3) is 0.133. The van der Waals surface area contributed by atoms with Crippen molar-refractivity contribution in [2.24, 2.45) is 5.73 Å². The standard InChI is InChI=1S/C15H11F3N4O2/c1-7-9(12(19)23)14(24)22-13(20-7)10(8-5-3-2-4-6-8)11(21-22)15(16,17)18/h2-6,20H,1H3,(H2,19,23). The zero-order valence-electron chi connectivity index (χ0n) is 12.3. The Labute approximate surface area is 132 Å². The van der Waals surface area contributed by atoms with Crippen molar-refractivity contribution in [2.45, 2.75) is 13.1 Å². The molecule has 124 valence electrons. The zero-order valence-corrected chi connectivity index (χ0v) is 12.3. The number of nitrogens with two attached hydrogens (primary N) is 1. The predicted molar refractivity (Wildman–Crippen MR) is 79.5 cm³/mol. The molecule has 0 bridgehead atoms. The number of fused-ring (bicyclic) bond motifs is 1. The Bertz CT molecular complexity index is 1000. The van der Waals surface area contributed by atoms with E-state index >= 15 is 0 Å². The van der Waals surface area contributed by atoms with Crippen LogP contribution in [0.4, 0.5) is 13.2 Å². The van der Waals surface area contributed by atoms with Crippen molar-refractivity contribution in [1.29, 1.82) is 0 Å². The molecule has 0 atom stereocenters. The van der Waals surface area contributed by atoms with Gasteiger partial charge in [0.25, 0.3) is 11.5 Å². The number of benzene rings is 1. The number of hydrogen-bond donors (Lipinski definition) is 2. The van der Waals surface area contributed by atoms with Crippen molar-refractivity contribution in [2.75, 3.05) is 0 Å². The molecule has 0 aliphatic heterocycles. The largest absolute Gasteiger partial charge is 0.435 e. The van der Waals surface area contributed by atoms with Gasteiger partial charge in [0.2, 0.25) is 0 Å². The van der Waals surface area contributed by atoms with Crippen LogP contribution < -0.4 is 11.3 Å². The second kappa shape index (κ2) is 5.22. The zero-order chi connectivity index (χ0) is 17.6. The molecule has 0 aliphatic rings. The summed E-state index contributed by atoms with van der Waals surface area (Å²) in [5.41, 5.74) is 2.37. The summed E-state index contributed by atoms with van der Waals surface area (Å²) < 4.78 is 40.7. The lowest BCUT2D eigenvalue weighted by atomic mass is 10.1. The molecule has 0 radical (unpaired) electrons. The smallest absolute Gasteiger partial charge is 0.365 e. The Morgan fingerprint density at radius 1 is 1.25 bits per heavy atom. The number of amides is 1. The van der Waals surface area contributed by atoms with E-state index in [1.807, 2.05) is 0 Å². The molecule has 9 heteroatoms. The van der Waals surface area contributed by atoms with Gasteiger partial charge in [-0.2, -0.15) is 22.8 Å². The molecule has 0 saturated heterocycles. The first-order chi connectivity index (χ1) is 11.2. The van der Waals surface area contributed by atoms with Crippen LogP contribution in [0, 0.1) is 6.92 Å². The maximum Gasteiger partial charge on any atom is 0.435 e. The molecule has 3 N–H and O–H groups in total. The Balaban J connectivity index is 2.50. The van der Waals surface area contributed by atoms with Crippen LogP contribution in [0.2, 0.25) is 0 Å². The van der Waals surface area contributed by atoms with Crippen molar-refractivity contribution in [3.63, 3.8) is 0 Å². The van der Waals surface area contributed by atoms with E-state index in [0.717, 1.165) is 0 Å². The summed E-state index contributed by atoms with van der Waals surface area (Å²) >= 11 is 0. The number of aromatic nitrogens is 3. The van der Waals surface area contributed by atoms with Crippen LogP contribution >= 0.6 is 0 Å². The first kappa shape index (κ1) is 15.8. The van der Waals surface area contributed by atoms with Gasteiger partial charge in [0.1, 0.15) is 11.2 Å². The summed E-state index contributed by atoms with van der Waals surface area (Å²) in [6.45, 7) is 1.39. The second-order valence-electron chi connectivity index (χ2n) is 5.14. The number of alkyl halides is 3. The number of nitrogens with zero attached hydrogens (tertiary/aromatic N) is 2. The average Bonchev–Trinajstić information content (AvgIpc) is 2.87. The number of nitrogens with one attached hydrogen (secondary N) is 1. The van der Waals surface area contributed by atoms with Gasteiger partial charge >= 0.3 is 6.18 Å². The van der Waals surface area contributed by atoms with Crippen molar-refractivity contribution in [3.8, 4) is 11.1 Å². The third kappa shape index (κ3) is 2.34. The average molecular weight is 336 g/mol. The lowest BCUT2D eigenvalue weighted by Gasteiger charge is -2.07. The van der Waals surface area contributed by atoms with E-state index in [2.05, 4.69) is 10.1 Å². The molecule has 2 aromatic heterocycles. The first-order valence-corrected chi connectivity index (χ1v) is 6.80. The number of H-pyrrole nitrogens is 1. The molecule has 0 unspecified atom stereocenters. The summed E-state index contributed by atoms with van der Waals surface area (Å²) in [4.78, 5) is 26.4. The summed E-state index contributed by atoms with van der Waals surface area (Å²) in [5.74, 6) is -1.04. The number of aryl methyl sites for hydroxylation is 1. The summed E-state index contributed by atoms with van der Waals surface area (Å²) in [6, 6.07) is 7.74. The molecule has 1 aromatic carbocycles. The number of carbonyl (C=O) groups is 1. The van der Waals surface area contributed by atoms with Crippen molar-refractivity contribution in [3.05, 3.63) is 57.6 Å². The van der Waals surface area contributed by atoms with Crippen molar-refractivity contribution in [1.82, 2.24) is 14.6 Å². The fourth-order valence-corrected chi connectivity index (χ4v) is 2.55. The third-order valence-electron chi connectivity index (χ3n) is 3.55. The van der Waals surface area contributed by atoms with Crippen LogP contribution in [0.25, 0.3) is 16.8 Å². The van der Waals surface area contributed by atoms with Crippen LogP contribution in [0.5, 0.6) is 0 Å². The molecular formula is C15H11F3N4O2. The Morgan fingerprint density at radius 2 is 1.88 bits per heavy atom. The molecular weight excluding hydrogens is 325 g/mol. The molecule has 24 heavy (non-hydrogen) atoms. The van der Waals surface area contributed by atoms with Crippen LogP contribution in [0.3, 0.4) is 0 Å². The summed E-state index contributed by atoms with van der Waals surface area (Å²) in [6.07, 6.45) is -4.78. The summed E-state index contributed by atoms with van der Waals surface area (Å²) in [5, 5.41) is 3.38. The van der Waals surface area contributed by atoms with E-state index in [9.17, 15) is 22.8 Å². The highest BCUT2D eigenvalue weighted by atomic mass is 19.4. The number of aromatic amines is 1. The van der Waals surface area contributed by atoms with E-state index in [-0.39, 0.29) is 22.5 Å². The quantitative estimate of drug-likeness (QED) is 0.750. The highest BCUT2D eigenvalue weighted by molar-refractivity contribution is 5.94.